The van der Waals surface area contributed by atoms with Gasteiger partial charge in [-0.05, 0) is 79.6 Å². The van der Waals surface area contributed by atoms with Crippen molar-refractivity contribution in [2.24, 2.45) is 5.92 Å². The Morgan fingerprint density at radius 1 is 0.979 bits per heavy atom. The summed E-state index contributed by atoms with van der Waals surface area (Å²) in [5.41, 5.74) is 2.19. The number of carbonyl (C=O) groups is 2. The molecule has 3 amide bonds. The molecule has 2 aromatic heterocycles. The van der Waals surface area contributed by atoms with E-state index in [1.807, 2.05) is 42.5 Å². The molecule has 2 heterocycles. The molecule has 4 aromatic rings. The van der Waals surface area contributed by atoms with Gasteiger partial charge in [0.15, 0.2) is 19.5 Å². The van der Waals surface area contributed by atoms with Crippen LogP contribution in [0.25, 0.3) is 11.1 Å². The molecule has 0 aliphatic heterocycles. The molecule has 5 rings (SSSR count). The fourth-order valence-corrected chi connectivity index (χ4v) is 7.80. The number of aryl methyl sites for hydroxylation is 1. The van der Waals surface area contributed by atoms with Crippen LogP contribution >= 0.6 is 0 Å². The zero-order chi connectivity index (χ0) is 34.2. The second-order valence-corrected chi connectivity index (χ2v) is 19.4. The Labute approximate surface area is 285 Å². The minimum absolute atomic E-state index is 0.0986. The smallest absolute Gasteiger partial charge is 0.319 e. The molecule has 0 saturated heterocycles. The van der Waals surface area contributed by atoms with Crippen molar-refractivity contribution in [3.05, 3.63) is 90.6 Å². The summed E-state index contributed by atoms with van der Waals surface area (Å²) in [7, 11) is -2.42. The van der Waals surface area contributed by atoms with Crippen molar-refractivity contribution in [1.29, 1.82) is 0 Å². The highest BCUT2D eigenvalue weighted by Crippen LogP contribution is 2.44. The number of nitrogens with one attached hydrogen (secondary N) is 3. The number of oxazole rings is 1. The Morgan fingerprint density at radius 2 is 1.71 bits per heavy atom. The van der Waals surface area contributed by atoms with Crippen LogP contribution in [-0.4, -0.2) is 42.8 Å². The molecule has 1 aliphatic carbocycles. The molecule has 2 unspecified atom stereocenters. The number of anilines is 1. The first-order valence-electron chi connectivity index (χ1n) is 17.3. The lowest BCUT2D eigenvalue weighted by Crippen LogP contribution is -2.54. The van der Waals surface area contributed by atoms with Crippen LogP contribution in [0.3, 0.4) is 0 Å². The summed E-state index contributed by atoms with van der Waals surface area (Å²) in [5, 5.41) is 9.14. The molecule has 1 aliphatic rings. The topological polar surface area (TPSA) is 118 Å². The maximum absolute atomic E-state index is 13.9. The number of nitrogens with zero attached hydrogens (tertiary/aromatic N) is 2. The lowest BCUT2D eigenvalue weighted by molar-refractivity contribution is -0.123. The van der Waals surface area contributed by atoms with E-state index in [0.29, 0.717) is 30.0 Å². The Morgan fingerprint density at radius 3 is 2.40 bits per heavy atom. The van der Waals surface area contributed by atoms with Gasteiger partial charge in [0.1, 0.15) is 5.52 Å². The molecule has 10 heteroatoms. The van der Waals surface area contributed by atoms with Gasteiger partial charge in [-0.3, -0.25) is 9.78 Å². The van der Waals surface area contributed by atoms with Crippen LogP contribution in [0.15, 0.2) is 83.5 Å². The standard InChI is InChI=1S/C38H51N5O4Si/c1-37(2,3)48(4,5)47-38(23-22-28-15-8-6-9-16-28,35-42-31-20-12-13-21-33(31)46-35)27-40-34(44)25-32(29-17-10-7-11-18-29)43-36(45)41-30-19-14-24-39-26-30/h6,8-9,12-16,19-21,24,26,29,32H,7,10-11,17-18,22-23,25,27H2,1-5H3,(H,40,44)(H2,41,43,45). The number of amides is 3. The Balaban J connectivity index is 1.42. The second kappa shape index (κ2) is 15.5. The third-order valence-electron chi connectivity index (χ3n) is 10.0. The average molecular weight is 670 g/mol. The molecular formula is C38H51N5O4Si. The summed E-state index contributed by atoms with van der Waals surface area (Å²) in [5.74, 6) is 0.543. The molecule has 48 heavy (non-hydrogen) atoms. The minimum Gasteiger partial charge on any atom is -0.437 e. The van der Waals surface area contributed by atoms with Gasteiger partial charge in [0.05, 0.1) is 18.4 Å². The molecule has 256 valence electrons. The molecule has 1 fully saturated rings. The van der Waals surface area contributed by atoms with Crippen molar-refractivity contribution in [2.75, 3.05) is 11.9 Å². The van der Waals surface area contributed by atoms with Gasteiger partial charge in [-0.25, -0.2) is 9.78 Å². The first kappa shape index (κ1) is 35.3. The molecule has 3 N–H and O–H groups in total. The number of fused-ring (bicyclic) bond motifs is 1. The van der Waals surface area contributed by atoms with E-state index in [0.717, 1.165) is 31.2 Å². The highest BCUT2D eigenvalue weighted by Gasteiger charge is 2.48. The maximum atomic E-state index is 13.9. The van der Waals surface area contributed by atoms with E-state index in [-0.39, 0.29) is 41.9 Å². The molecule has 1 saturated carbocycles. The summed E-state index contributed by atoms with van der Waals surface area (Å²) in [4.78, 5) is 36.1. The number of rotatable bonds is 13. The normalized spacial score (nSPS) is 16.2. The first-order valence-corrected chi connectivity index (χ1v) is 20.2. The van der Waals surface area contributed by atoms with E-state index in [2.05, 4.69) is 66.9 Å². The fourth-order valence-electron chi connectivity index (χ4n) is 6.26. The van der Waals surface area contributed by atoms with Crippen LogP contribution in [0.2, 0.25) is 18.1 Å². The Hall–Kier alpha value is -4.02. The van der Waals surface area contributed by atoms with Crippen LogP contribution in [0.1, 0.15) is 77.2 Å². The van der Waals surface area contributed by atoms with Crippen molar-refractivity contribution in [3.8, 4) is 0 Å². The van der Waals surface area contributed by atoms with Gasteiger partial charge in [0.2, 0.25) is 11.8 Å². The van der Waals surface area contributed by atoms with E-state index in [1.54, 1.807) is 24.5 Å². The lowest BCUT2D eigenvalue weighted by Gasteiger charge is -2.44. The maximum Gasteiger partial charge on any atom is 0.319 e. The average Bonchev–Trinajstić information content (AvgIpc) is 3.52. The first-order chi connectivity index (χ1) is 22.9. The highest BCUT2D eigenvalue weighted by atomic mass is 28.4. The molecular weight excluding hydrogens is 619 g/mol. The van der Waals surface area contributed by atoms with Gasteiger partial charge in [-0.2, -0.15) is 0 Å². The van der Waals surface area contributed by atoms with Crippen molar-refractivity contribution in [2.45, 2.75) is 102 Å². The number of pyridine rings is 1. The van der Waals surface area contributed by atoms with Crippen LogP contribution in [0, 0.1) is 5.92 Å². The number of benzene rings is 2. The number of aromatic nitrogens is 2. The predicted octanol–water partition coefficient (Wildman–Crippen LogP) is 8.35. The molecule has 0 bridgehead atoms. The van der Waals surface area contributed by atoms with E-state index in [9.17, 15) is 9.59 Å². The molecule has 2 atom stereocenters. The van der Waals surface area contributed by atoms with Crippen LogP contribution in [-0.2, 0) is 21.2 Å². The van der Waals surface area contributed by atoms with Gasteiger partial charge in [-0.1, -0.05) is 82.5 Å². The molecule has 0 spiro atoms. The van der Waals surface area contributed by atoms with Crippen molar-refractivity contribution < 1.29 is 18.4 Å². The summed E-state index contributed by atoms with van der Waals surface area (Å²) in [6.07, 6.45) is 10.0. The molecule has 0 radical (unpaired) electrons. The Kier molecular flexibility index (Phi) is 11.4. The molecule has 9 nitrogen and oxygen atoms in total. The largest absolute Gasteiger partial charge is 0.437 e. The lowest BCUT2D eigenvalue weighted by atomic mass is 9.82. The number of carbonyl (C=O) groups excluding carboxylic acids is 2. The summed E-state index contributed by atoms with van der Waals surface area (Å²) in [6.45, 7) is 11.3. The third-order valence-corrected chi connectivity index (χ3v) is 14.5. The Bertz CT molecular complexity index is 1600. The third kappa shape index (κ3) is 9.11. The van der Waals surface area contributed by atoms with Crippen molar-refractivity contribution >= 4 is 37.0 Å². The van der Waals surface area contributed by atoms with Crippen LogP contribution in [0.4, 0.5) is 10.5 Å². The van der Waals surface area contributed by atoms with Gasteiger partial charge in [0.25, 0.3) is 0 Å². The number of urea groups is 1. The second-order valence-electron chi connectivity index (χ2n) is 14.7. The fraction of sp³-hybridized carbons (Fsp3) is 0.474. The summed E-state index contributed by atoms with van der Waals surface area (Å²) >= 11 is 0. The highest BCUT2D eigenvalue weighted by molar-refractivity contribution is 6.74. The zero-order valence-corrected chi connectivity index (χ0v) is 30.1. The zero-order valence-electron chi connectivity index (χ0n) is 29.1. The van der Waals surface area contributed by atoms with E-state index < -0.39 is 13.9 Å². The van der Waals surface area contributed by atoms with Crippen molar-refractivity contribution in [1.82, 2.24) is 20.6 Å². The number of hydrogen-bond acceptors (Lipinski definition) is 6. The number of para-hydroxylation sites is 2. The van der Waals surface area contributed by atoms with Gasteiger partial charge < -0.3 is 24.8 Å². The molecule has 2 aromatic carbocycles. The predicted molar refractivity (Wildman–Crippen MR) is 193 cm³/mol. The SMILES string of the molecule is CC(C)(C)[Si](C)(C)OC(CCc1ccccc1)(CNC(=O)CC(NC(=O)Nc1cccnc1)C1CCCCC1)c1nc2ccccc2o1. The summed E-state index contributed by atoms with van der Waals surface area (Å²) in [6, 6.07) is 20.9. The van der Waals surface area contributed by atoms with Crippen LogP contribution in [0.5, 0.6) is 0 Å². The van der Waals surface area contributed by atoms with E-state index in [1.165, 1.54) is 12.0 Å². The van der Waals surface area contributed by atoms with Gasteiger partial charge in [-0.15, -0.1) is 0 Å². The number of hydrogen-bond donors (Lipinski definition) is 3. The minimum atomic E-state index is -2.42. The van der Waals surface area contributed by atoms with Crippen LogP contribution < -0.4 is 16.0 Å². The quantitative estimate of drug-likeness (QED) is 0.123. The monoisotopic (exact) mass is 669 g/mol. The van der Waals surface area contributed by atoms with E-state index in [4.69, 9.17) is 13.8 Å². The summed E-state index contributed by atoms with van der Waals surface area (Å²) < 4.78 is 13.8. The van der Waals surface area contributed by atoms with Gasteiger partial charge >= 0.3 is 6.03 Å². The van der Waals surface area contributed by atoms with Gasteiger partial charge in [0, 0.05) is 18.7 Å². The van der Waals surface area contributed by atoms with E-state index >= 15 is 0 Å². The van der Waals surface area contributed by atoms with Crippen molar-refractivity contribution in [3.63, 3.8) is 0 Å².